The first-order chi connectivity index (χ1) is 6.96. The minimum Gasteiger partial charge on any atom is -0.456 e. The summed E-state index contributed by atoms with van der Waals surface area (Å²) in [6.45, 7) is 5.73. The van der Waals surface area contributed by atoms with Gasteiger partial charge in [-0.1, -0.05) is 30.7 Å². The molecule has 0 aliphatic carbocycles. The molecule has 0 fully saturated rings. The molecule has 0 atom stereocenters. The fourth-order valence-corrected chi connectivity index (χ4v) is 1.22. The van der Waals surface area contributed by atoms with Gasteiger partial charge in [-0.25, -0.2) is 4.79 Å². The Morgan fingerprint density at radius 2 is 2.00 bits per heavy atom. The van der Waals surface area contributed by atoms with Crippen molar-refractivity contribution in [1.82, 2.24) is 0 Å². The van der Waals surface area contributed by atoms with E-state index in [1.165, 1.54) is 0 Å². The van der Waals surface area contributed by atoms with Crippen molar-refractivity contribution in [1.29, 1.82) is 0 Å². The maximum Gasteiger partial charge on any atom is 0.340 e. The van der Waals surface area contributed by atoms with Crippen LogP contribution in [0.4, 0.5) is 0 Å². The molecule has 82 valence electrons. The van der Waals surface area contributed by atoms with E-state index in [2.05, 4.69) is 0 Å². The van der Waals surface area contributed by atoms with E-state index in [0.29, 0.717) is 10.6 Å². The number of halogens is 1. The molecular formula is C12H15ClO2. The van der Waals surface area contributed by atoms with Crippen molar-refractivity contribution in [2.45, 2.75) is 32.8 Å². The van der Waals surface area contributed by atoms with E-state index < -0.39 is 5.60 Å². The maximum absolute atomic E-state index is 11.7. The second-order valence-electron chi connectivity index (χ2n) is 3.98. The summed E-state index contributed by atoms with van der Waals surface area (Å²) in [5.74, 6) is -0.368. The van der Waals surface area contributed by atoms with Crippen LogP contribution < -0.4 is 0 Å². The van der Waals surface area contributed by atoms with Crippen LogP contribution in [0, 0.1) is 0 Å². The van der Waals surface area contributed by atoms with E-state index in [4.69, 9.17) is 16.3 Å². The maximum atomic E-state index is 11.7. The van der Waals surface area contributed by atoms with E-state index in [0.717, 1.165) is 6.42 Å². The number of carbonyl (C=O) groups excluding carboxylic acids is 1. The van der Waals surface area contributed by atoms with Gasteiger partial charge in [-0.3, -0.25) is 0 Å². The van der Waals surface area contributed by atoms with E-state index in [-0.39, 0.29) is 5.97 Å². The molecule has 0 amide bonds. The highest BCUT2D eigenvalue weighted by molar-refractivity contribution is 6.33. The summed E-state index contributed by atoms with van der Waals surface area (Å²) in [6, 6.07) is 6.89. The van der Waals surface area contributed by atoms with Crippen LogP contribution in [0.15, 0.2) is 24.3 Å². The van der Waals surface area contributed by atoms with Crippen LogP contribution in [0.3, 0.4) is 0 Å². The Bertz CT molecular complexity index is 358. The Morgan fingerprint density at radius 3 is 2.53 bits per heavy atom. The van der Waals surface area contributed by atoms with Crippen LogP contribution >= 0.6 is 11.6 Å². The van der Waals surface area contributed by atoms with E-state index in [1.54, 1.807) is 24.3 Å². The van der Waals surface area contributed by atoms with Crippen LogP contribution in [0.1, 0.15) is 37.6 Å². The second-order valence-corrected chi connectivity index (χ2v) is 4.39. The molecule has 0 aliphatic rings. The Morgan fingerprint density at radius 1 is 1.40 bits per heavy atom. The van der Waals surface area contributed by atoms with E-state index in [1.807, 2.05) is 20.8 Å². The lowest BCUT2D eigenvalue weighted by Gasteiger charge is -2.23. The average Bonchev–Trinajstić information content (AvgIpc) is 2.17. The van der Waals surface area contributed by atoms with Gasteiger partial charge in [0.15, 0.2) is 0 Å². The first kappa shape index (κ1) is 12.1. The van der Waals surface area contributed by atoms with Gasteiger partial charge in [-0.05, 0) is 32.4 Å². The SMILES string of the molecule is CCC(C)(C)OC(=O)c1ccccc1Cl. The summed E-state index contributed by atoms with van der Waals surface area (Å²) in [7, 11) is 0. The molecule has 0 spiro atoms. The molecule has 15 heavy (non-hydrogen) atoms. The lowest BCUT2D eigenvalue weighted by atomic mass is 10.1. The van der Waals surface area contributed by atoms with Crippen molar-refractivity contribution in [3.8, 4) is 0 Å². The summed E-state index contributed by atoms with van der Waals surface area (Å²) in [5.41, 5.74) is -0.0309. The average molecular weight is 227 g/mol. The molecule has 0 bridgehead atoms. The molecule has 0 unspecified atom stereocenters. The first-order valence-corrected chi connectivity index (χ1v) is 5.32. The van der Waals surface area contributed by atoms with Gasteiger partial charge in [-0.2, -0.15) is 0 Å². The van der Waals surface area contributed by atoms with Crippen LogP contribution in [-0.2, 0) is 4.74 Å². The van der Waals surface area contributed by atoms with Crippen molar-refractivity contribution in [3.05, 3.63) is 34.9 Å². The minimum atomic E-state index is -0.448. The Kier molecular flexibility index (Phi) is 3.75. The zero-order valence-electron chi connectivity index (χ0n) is 9.21. The number of benzene rings is 1. The highest BCUT2D eigenvalue weighted by Gasteiger charge is 2.22. The topological polar surface area (TPSA) is 26.3 Å². The Balaban J connectivity index is 2.83. The summed E-state index contributed by atoms with van der Waals surface area (Å²) in [5, 5.41) is 0.425. The standard InChI is InChI=1S/C12H15ClO2/c1-4-12(2,3)15-11(14)9-7-5-6-8-10(9)13/h5-8H,4H2,1-3H3. The van der Waals surface area contributed by atoms with Gasteiger partial charge in [0.05, 0.1) is 10.6 Å². The van der Waals surface area contributed by atoms with E-state index >= 15 is 0 Å². The fourth-order valence-electron chi connectivity index (χ4n) is 1.00. The normalized spacial score (nSPS) is 11.2. The first-order valence-electron chi connectivity index (χ1n) is 4.94. The number of hydrogen-bond donors (Lipinski definition) is 0. The fraction of sp³-hybridized carbons (Fsp3) is 0.417. The van der Waals surface area contributed by atoms with Crippen molar-refractivity contribution in [2.24, 2.45) is 0 Å². The van der Waals surface area contributed by atoms with Gasteiger partial charge in [0.2, 0.25) is 0 Å². The van der Waals surface area contributed by atoms with Crippen LogP contribution in [0.25, 0.3) is 0 Å². The summed E-state index contributed by atoms with van der Waals surface area (Å²) in [6.07, 6.45) is 0.767. The van der Waals surface area contributed by atoms with Gasteiger partial charge in [-0.15, -0.1) is 0 Å². The van der Waals surface area contributed by atoms with Crippen LogP contribution in [0.5, 0.6) is 0 Å². The van der Waals surface area contributed by atoms with Gasteiger partial charge in [0.25, 0.3) is 0 Å². The lowest BCUT2D eigenvalue weighted by molar-refractivity contribution is -0.00241. The molecule has 0 saturated heterocycles. The van der Waals surface area contributed by atoms with Crippen molar-refractivity contribution in [3.63, 3.8) is 0 Å². The van der Waals surface area contributed by atoms with Crippen LogP contribution in [0.2, 0.25) is 5.02 Å². The molecular weight excluding hydrogens is 212 g/mol. The molecule has 0 saturated carbocycles. The van der Waals surface area contributed by atoms with Gasteiger partial charge >= 0.3 is 5.97 Å². The predicted molar refractivity (Wildman–Crippen MR) is 61.2 cm³/mol. The summed E-state index contributed by atoms with van der Waals surface area (Å²) >= 11 is 5.89. The number of rotatable bonds is 3. The predicted octanol–water partition coefficient (Wildman–Crippen LogP) is 3.69. The number of ether oxygens (including phenoxy) is 1. The number of carbonyl (C=O) groups is 1. The smallest absolute Gasteiger partial charge is 0.340 e. The highest BCUT2D eigenvalue weighted by atomic mass is 35.5. The molecule has 1 aromatic rings. The third-order valence-electron chi connectivity index (χ3n) is 2.31. The molecule has 3 heteroatoms. The van der Waals surface area contributed by atoms with Gasteiger partial charge < -0.3 is 4.74 Å². The second kappa shape index (κ2) is 4.67. The summed E-state index contributed by atoms with van der Waals surface area (Å²) in [4.78, 5) is 11.7. The quantitative estimate of drug-likeness (QED) is 0.735. The molecule has 2 nitrogen and oxygen atoms in total. The molecule has 0 aliphatic heterocycles. The zero-order valence-corrected chi connectivity index (χ0v) is 9.97. The third kappa shape index (κ3) is 3.24. The lowest BCUT2D eigenvalue weighted by Crippen LogP contribution is -2.27. The largest absolute Gasteiger partial charge is 0.456 e. The Labute approximate surface area is 95.2 Å². The molecule has 0 radical (unpaired) electrons. The minimum absolute atomic E-state index is 0.368. The summed E-state index contributed by atoms with van der Waals surface area (Å²) < 4.78 is 5.33. The molecule has 0 aromatic heterocycles. The van der Waals surface area contributed by atoms with E-state index in [9.17, 15) is 4.79 Å². The monoisotopic (exact) mass is 226 g/mol. The third-order valence-corrected chi connectivity index (χ3v) is 2.64. The molecule has 1 aromatic carbocycles. The zero-order chi connectivity index (χ0) is 11.5. The number of hydrogen-bond acceptors (Lipinski definition) is 2. The van der Waals surface area contributed by atoms with Crippen molar-refractivity contribution in [2.75, 3.05) is 0 Å². The Hall–Kier alpha value is -1.02. The molecule has 1 rings (SSSR count). The molecule has 0 heterocycles. The van der Waals surface area contributed by atoms with Crippen molar-refractivity contribution >= 4 is 17.6 Å². The number of esters is 1. The van der Waals surface area contributed by atoms with Crippen LogP contribution in [-0.4, -0.2) is 11.6 Å². The molecule has 0 N–H and O–H groups in total. The van der Waals surface area contributed by atoms with Crippen molar-refractivity contribution < 1.29 is 9.53 Å². The highest BCUT2D eigenvalue weighted by Crippen LogP contribution is 2.20. The van der Waals surface area contributed by atoms with Gasteiger partial charge in [0.1, 0.15) is 5.60 Å². The van der Waals surface area contributed by atoms with Gasteiger partial charge in [0, 0.05) is 0 Å².